The minimum atomic E-state index is -0.627. The zero-order valence-electron chi connectivity index (χ0n) is 23.4. The van der Waals surface area contributed by atoms with Crippen LogP contribution in [-0.2, 0) is 28.9 Å². The molecule has 214 valence electrons. The summed E-state index contributed by atoms with van der Waals surface area (Å²) in [6.45, 7) is 6.30. The average molecular weight is 575 g/mol. The number of hydrogen-bond acceptors (Lipinski definition) is 8. The van der Waals surface area contributed by atoms with Crippen LogP contribution < -0.4 is 21.5 Å². The second-order valence-corrected chi connectivity index (χ2v) is 12.1. The van der Waals surface area contributed by atoms with Gasteiger partial charge in [0.25, 0.3) is 5.56 Å². The number of anilines is 2. The highest BCUT2D eigenvalue weighted by molar-refractivity contribution is 7.19. The van der Waals surface area contributed by atoms with Gasteiger partial charge in [0.15, 0.2) is 0 Å². The van der Waals surface area contributed by atoms with E-state index >= 15 is 0 Å². The molecule has 0 saturated carbocycles. The van der Waals surface area contributed by atoms with Gasteiger partial charge in [0.05, 0.1) is 12.7 Å². The minimum Gasteiger partial charge on any atom is -0.444 e. The van der Waals surface area contributed by atoms with Crippen molar-refractivity contribution in [3.8, 4) is 0 Å². The molecule has 0 saturated heterocycles. The predicted octanol–water partition coefficient (Wildman–Crippen LogP) is 5.05. The molecule has 3 N–H and O–H groups in total. The van der Waals surface area contributed by atoms with E-state index in [0.29, 0.717) is 36.7 Å². The molecular formula is C30H34N6O4S. The number of aromatic nitrogens is 3. The molecule has 1 aliphatic heterocycles. The van der Waals surface area contributed by atoms with Crippen molar-refractivity contribution in [1.29, 1.82) is 0 Å². The van der Waals surface area contributed by atoms with Crippen molar-refractivity contribution in [1.82, 2.24) is 19.9 Å². The van der Waals surface area contributed by atoms with E-state index in [-0.39, 0.29) is 18.0 Å². The second kappa shape index (κ2) is 12.1. The van der Waals surface area contributed by atoms with Crippen LogP contribution in [0.4, 0.5) is 16.3 Å². The van der Waals surface area contributed by atoms with E-state index in [1.54, 1.807) is 33.2 Å². The van der Waals surface area contributed by atoms with Crippen LogP contribution >= 0.6 is 11.3 Å². The Morgan fingerprint density at radius 1 is 1.15 bits per heavy atom. The van der Waals surface area contributed by atoms with Crippen LogP contribution in [0.5, 0.6) is 0 Å². The summed E-state index contributed by atoms with van der Waals surface area (Å²) in [7, 11) is 0. The number of nitrogens with one attached hydrogen (secondary N) is 3. The van der Waals surface area contributed by atoms with Gasteiger partial charge in [0.2, 0.25) is 5.91 Å². The average Bonchev–Trinajstić information content (AvgIpc) is 3.56. The highest BCUT2D eigenvalue weighted by Crippen LogP contribution is 2.30. The smallest absolute Gasteiger partial charge is 0.413 e. The zero-order valence-corrected chi connectivity index (χ0v) is 24.2. The van der Waals surface area contributed by atoms with Crippen molar-refractivity contribution in [2.75, 3.05) is 17.2 Å². The van der Waals surface area contributed by atoms with E-state index < -0.39 is 17.7 Å². The summed E-state index contributed by atoms with van der Waals surface area (Å²) in [5.74, 6) is 0.795. The molecule has 5 rings (SSSR count). The third-order valence-electron chi connectivity index (χ3n) is 6.68. The summed E-state index contributed by atoms with van der Waals surface area (Å²) in [5.41, 5.74) is 0.805. The molecule has 11 heteroatoms. The Balaban J connectivity index is 1.21. The first-order valence-electron chi connectivity index (χ1n) is 13.7. The van der Waals surface area contributed by atoms with Crippen LogP contribution in [0.2, 0.25) is 0 Å². The van der Waals surface area contributed by atoms with Gasteiger partial charge in [-0.3, -0.25) is 19.5 Å². The molecule has 1 aromatic carbocycles. The summed E-state index contributed by atoms with van der Waals surface area (Å²) in [5, 5.41) is 9.66. The van der Waals surface area contributed by atoms with Gasteiger partial charge in [-0.05, 0) is 57.7 Å². The number of benzene rings is 1. The topological polar surface area (TPSA) is 127 Å². The summed E-state index contributed by atoms with van der Waals surface area (Å²) in [6, 6.07) is 13.3. The van der Waals surface area contributed by atoms with Crippen molar-refractivity contribution in [2.24, 2.45) is 0 Å². The first kappa shape index (κ1) is 28.3. The van der Waals surface area contributed by atoms with Crippen molar-refractivity contribution in [3.05, 3.63) is 81.5 Å². The maximum Gasteiger partial charge on any atom is 0.413 e. The lowest BCUT2D eigenvalue weighted by Gasteiger charge is -2.19. The summed E-state index contributed by atoms with van der Waals surface area (Å²) in [6.07, 6.45) is 5.48. The number of thiophene rings is 1. The lowest BCUT2D eigenvalue weighted by molar-refractivity contribution is -0.124. The molecule has 3 aromatic heterocycles. The number of rotatable bonds is 9. The number of hydrogen-bond donors (Lipinski definition) is 3. The van der Waals surface area contributed by atoms with Crippen molar-refractivity contribution < 1.29 is 14.3 Å². The fourth-order valence-corrected chi connectivity index (χ4v) is 5.83. The Morgan fingerprint density at radius 3 is 2.73 bits per heavy atom. The quantitative estimate of drug-likeness (QED) is 0.239. The van der Waals surface area contributed by atoms with Gasteiger partial charge in [0, 0.05) is 34.1 Å². The number of nitrogens with zero attached hydrogens (tertiary/aromatic N) is 3. The maximum atomic E-state index is 13.3. The largest absolute Gasteiger partial charge is 0.444 e. The Bertz CT molecular complexity index is 1610. The Morgan fingerprint density at radius 2 is 1.95 bits per heavy atom. The molecule has 4 aromatic rings. The molecule has 0 radical (unpaired) electrons. The number of amides is 2. The second-order valence-electron chi connectivity index (χ2n) is 11.0. The molecule has 1 atom stereocenters. The molecule has 0 unspecified atom stereocenters. The van der Waals surface area contributed by atoms with Gasteiger partial charge in [-0.25, -0.2) is 14.8 Å². The number of carbonyl (C=O) groups excluding carboxylic acids is 2. The highest BCUT2D eigenvalue weighted by Gasteiger charge is 2.31. The van der Waals surface area contributed by atoms with Crippen LogP contribution in [0.15, 0.2) is 59.7 Å². The summed E-state index contributed by atoms with van der Waals surface area (Å²) >= 11 is 1.50. The van der Waals surface area contributed by atoms with Gasteiger partial charge in [-0.15, -0.1) is 11.3 Å². The molecule has 0 fully saturated rings. The van der Waals surface area contributed by atoms with E-state index in [1.165, 1.54) is 21.5 Å². The number of aryl methyl sites for hydroxylation is 2. The van der Waals surface area contributed by atoms with Crippen LogP contribution in [0.1, 0.15) is 55.9 Å². The first-order chi connectivity index (χ1) is 19.7. The van der Waals surface area contributed by atoms with E-state index in [9.17, 15) is 14.4 Å². The molecule has 0 spiro atoms. The zero-order chi connectivity index (χ0) is 29.0. The third-order valence-corrected chi connectivity index (χ3v) is 7.78. The molecule has 0 aliphatic carbocycles. The Labute approximate surface area is 242 Å². The fourth-order valence-electron chi connectivity index (χ4n) is 4.83. The SMILES string of the molecule is CC(C)(C)OC(=O)Nc1nccc2sc(CNC(=O)[C@@H]3CCc4ncc(NCCCc5ccccc5)c(=O)n43)cc12. The van der Waals surface area contributed by atoms with E-state index in [0.717, 1.165) is 27.8 Å². The van der Waals surface area contributed by atoms with Crippen LogP contribution in [-0.4, -0.2) is 38.7 Å². The Hall–Kier alpha value is -4.25. The number of fused-ring (bicyclic) bond motifs is 2. The first-order valence-corrected chi connectivity index (χ1v) is 14.5. The van der Waals surface area contributed by atoms with Gasteiger partial charge in [0.1, 0.15) is 29.0 Å². The standard InChI is InChI=1S/C30H34N6O4S/c1-30(2,3)40-29(39)35-26-21-16-20(41-24(21)13-15-32-26)17-34-27(37)23-11-12-25-33-18-22(28(38)36(23)25)31-14-7-10-19-8-5-4-6-9-19/h4-6,8-9,13,15-16,18,23,31H,7,10-12,14,17H2,1-3H3,(H,34,37)(H,32,35,39)/t23-/m0/s1. The van der Waals surface area contributed by atoms with Gasteiger partial charge in [-0.1, -0.05) is 30.3 Å². The number of carbonyl (C=O) groups is 2. The summed E-state index contributed by atoms with van der Waals surface area (Å²) in [4.78, 5) is 48.4. The van der Waals surface area contributed by atoms with Crippen LogP contribution in [0.25, 0.3) is 10.1 Å². The molecule has 41 heavy (non-hydrogen) atoms. The van der Waals surface area contributed by atoms with Gasteiger partial charge >= 0.3 is 6.09 Å². The monoisotopic (exact) mass is 574 g/mol. The number of pyridine rings is 1. The molecule has 2 amide bonds. The Kier molecular flexibility index (Phi) is 8.34. The molecule has 0 bridgehead atoms. The van der Waals surface area contributed by atoms with Crippen molar-refractivity contribution >= 4 is 44.9 Å². The van der Waals surface area contributed by atoms with Crippen molar-refractivity contribution in [3.63, 3.8) is 0 Å². The van der Waals surface area contributed by atoms with E-state index in [4.69, 9.17) is 4.74 Å². The maximum absolute atomic E-state index is 13.3. The van der Waals surface area contributed by atoms with Crippen LogP contribution in [0, 0.1) is 0 Å². The molecule has 4 heterocycles. The molecular weight excluding hydrogens is 540 g/mol. The predicted molar refractivity (Wildman–Crippen MR) is 160 cm³/mol. The molecule has 10 nitrogen and oxygen atoms in total. The normalized spacial score (nSPS) is 14.5. The number of ether oxygens (including phenoxy) is 1. The van der Waals surface area contributed by atoms with Crippen molar-refractivity contribution in [2.45, 2.75) is 64.6 Å². The van der Waals surface area contributed by atoms with Gasteiger partial charge < -0.3 is 15.4 Å². The van der Waals surface area contributed by atoms with E-state index in [2.05, 4.69) is 38.1 Å². The fraction of sp³-hybridized carbons (Fsp3) is 0.367. The lowest BCUT2D eigenvalue weighted by Crippen LogP contribution is -2.36. The van der Waals surface area contributed by atoms with Gasteiger partial charge in [-0.2, -0.15) is 0 Å². The third kappa shape index (κ3) is 6.91. The van der Waals surface area contributed by atoms with E-state index in [1.807, 2.05) is 30.3 Å². The highest BCUT2D eigenvalue weighted by atomic mass is 32.1. The minimum absolute atomic E-state index is 0.224. The molecule has 1 aliphatic rings. The summed E-state index contributed by atoms with van der Waals surface area (Å²) < 4.78 is 7.79. The van der Waals surface area contributed by atoms with Crippen LogP contribution in [0.3, 0.4) is 0 Å². The lowest BCUT2D eigenvalue weighted by atomic mass is 10.1.